The fourth-order valence-corrected chi connectivity index (χ4v) is 2.11. The van der Waals surface area contributed by atoms with Crippen molar-refractivity contribution in [3.63, 3.8) is 0 Å². The first-order valence-electron chi connectivity index (χ1n) is 6.38. The molecule has 1 fully saturated rings. The van der Waals surface area contributed by atoms with Crippen molar-refractivity contribution in [1.82, 2.24) is 10.5 Å². The Morgan fingerprint density at radius 3 is 3.00 bits per heavy atom. The van der Waals surface area contributed by atoms with Gasteiger partial charge in [0, 0.05) is 6.07 Å². The largest absolute Gasteiger partial charge is 0.361 e. The third-order valence-corrected chi connectivity index (χ3v) is 3.22. The summed E-state index contributed by atoms with van der Waals surface area (Å²) in [7, 11) is 0. The van der Waals surface area contributed by atoms with Gasteiger partial charge in [-0.1, -0.05) is 25.4 Å². The van der Waals surface area contributed by atoms with E-state index >= 15 is 0 Å². The van der Waals surface area contributed by atoms with Crippen LogP contribution in [0.5, 0.6) is 0 Å². The van der Waals surface area contributed by atoms with Crippen LogP contribution in [-0.4, -0.2) is 23.5 Å². The van der Waals surface area contributed by atoms with Crippen LogP contribution >= 0.6 is 0 Å². The molecule has 1 aromatic rings. The van der Waals surface area contributed by atoms with E-state index in [0.717, 1.165) is 25.1 Å². The van der Waals surface area contributed by atoms with Crippen LogP contribution < -0.4 is 5.32 Å². The van der Waals surface area contributed by atoms with E-state index in [0.29, 0.717) is 18.1 Å². The first-order valence-corrected chi connectivity index (χ1v) is 6.38. The number of nitrogens with one attached hydrogen (secondary N) is 1. The molecule has 2 rings (SSSR count). The summed E-state index contributed by atoms with van der Waals surface area (Å²) in [5, 5.41) is 7.22. The Kier molecular flexibility index (Phi) is 3.94. The molecule has 0 bridgehead atoms. The number of aromatic nitrogens is 1. The summed E-state index contributed by atoms with van der Waals surface area (Å²) < 4.78 is 5.19. The average molecular weight is 236 g/mol. The molecule has 4 heteroatoms. The van der Waals surface area contributed by atoms with Gasteiger partial charge in [-0.05, 0) is 25.3 Å². The normalized spacial score (nSPS) is 20.8. The molecule has 0 radical (unpaired) electrons. The second-order valence-electron chi connectivity index (χ2n) is 5.02. The van der Waals surface area contributed by atoms with Gasteiger partial charge in [0.05, 0.1) is 18.2 Å². The highest BCUT2D eigenvalue weighted by atomic mass is 16.5. The maximum atomic E-state index is 12.0. The molecule has 0 spiro atoms. The Labute approximate surface area is 102 Å². The van der Waals surface area contributed by atoms with Gasteiger partial charge in [0.2, 0.25) is 0 Å². The smallest absolute Gasteiger partial charge is 0.157 e. The summed E-state index contributed by atoms with van der Waals surface area (Å²) in [5.41, 5.74) is 0.921. The fraction of sp³-hybridized carbons (Fsp3) is 0.692. The van der Waals surface area contributed by atoms with Crippen LogP contribution in [0.4, 0.5) is 0 Å². The minimum absolute atomic E-state index is 0.0105. The van der Waals surface area contributed by atoms with Crippen molar-refractivity contribution >= 4 is 5.78 Å². The number of hydrogen-bond acceptors (Lipinski definition) is 4. The van der Waals surface area contributed by atoms with Crippen molar-refractivity contribution in [1.29, 1.82) is 0 Å². The number of ketones is 1. The summed E-state index contributed by atoms with van der Waals surface area (Å²) in [6.07, 6.45) is 3.61. The second-order valence-corrected chi connectivity index (χ2v) is 5.02. The van der Waals surface area contributed by atoms with Crippen LogP contribution in [-0.2, 0) is 11.2 Å². The van der Waals surface area contributed by atoms with E-state index < -0.39 is 0 Å². The van der Waals surface area contributed by atoms with E-state index in [1.54, 1.807) is 0 Å². The van der Waals surface area contributed by atoms with E-state index in [2.05, 4.69) is 24.3 Å². The van der Waals surface area contributed by atoms with Gasteiger partial charge < -0.3 is 9.84 Å². The highest BCUT2D eigenvalue weighted by Crippen LogP contribution is 2.16. The first kappa shape index (κ1) is 12.3. The number of carbonyl (C=O) groups excluding carboxylic acids is 1. The van der Waals surface area contributed by atoms with Crippen molar-refractivity contribution < 1.29 is 9.32 Å². The molecule has 0 saturated carbocycles. The average Bonchev–Trinajstić information content (AvgIpc) is 2.79. The summed E-state index contributed by atoms with van der Waals surface area (Å²) >= 11 is 0. The molecule has 0 aromatic carbocycles. The van der Waals surface area contributed by atoms with Crippen molar-refractivity contribution in [2.75, 3.05) is 6.54 Å². The number of rotatable bonds is 4. The molecule has 1 aromatic heterocycles. The van der Waals surface area contributed by atoms with E-state index in [-0.39, 0.29) is 11.8 Å². The van der Waals surface area contributed by atoms with Crippen LogP contribution in [0.1, 0.15) is 50.5 Å². The zero-order valence-electron chi connectivity index (χ0n) is 10.5. The van der Waals surface area contributed by atoms with Crippen molar-refractivity contribution in [2.24, 2.45) is 0 Å². The number of nitrogens with zero attached hydrogens (tertiary/aromatic N) is 1. The molecular weight excluding hydrogens is 216 g/mol. The quantitative estimate of drug-likeness (QED) is 0.869. The molecule has 0 amide bonds. The van der Waals surface area contributed by atoms with Gasteiger partial charge in [-0.15, -0.1) is 0 Å². The number of hydrogen-bond donors (Lipinski definition) is 1. The predicted molar refractivity (Wildman–Crippen MR) is 64.9 cm³/mol. The Morgan fingerprint density at radius 2 is 2.41 bits per heavy atom. The maximum Gasteiger partial charge on any atom is 0.157 e. The van der Waals surface area contributed by atoms with Crippen molar-refractivity contribution in [3.05, 3.63) is 17.5 Å². The van der Waals surface area contributed by atoms with Gasteiger partial charge in [0.1, 0.15) is 5.76 Å². The molecule has 0 aliphatic carbocycles. The zero-order chi connectivity index (χ0) is 12.3. The lowest BCUT2D eigenvalue weighted by Gasteiger charge is -2.21. The zero-order valence-corrected chi connectivity index (χ0v) is 10.5. The van der Waals surface area contributed by atoms with Gasteiger partial charge in [-0.2, -0.15) is 0 Å². The molecule has 2 heterocycles. The van der Waals surface area contributed by atoms with Gasteiger partial charge in [0.25, 0.3) is 0 Å². The molecule has 17 heavy (non-hydrogen) atoms. The molecule has 1 aliphatic rings. The van der Waals surface area contributed by atoms with Crippen LogP contribution in [0.15, 0.2) is 10.6 Å². The summed E-state index contributed by atoms with van der Waals surface area (Å²) in [6.45, 7) is 5.07. The molecule has 1 N–H and O–H groups in total. The Balaban J connectivity index is 1.92. The molecular formula is C13H20N2O2. The number of Topliss-reactive ketones (excluding diaryl/α,β-unsaturated/α-hetero) is 1. The Hall–Kier alpha value is -1.16. The topological polar surface area (TPSA) is 55.1 Å². The minimum Gasteiger partial charge on any atom is -0.361 e. The lowest BCUT2D eigenvalue weighted by Crippen LogP contribution is -2.41. The van der Waals surface area contributed by atoms with E-state index in [4.69, 9.17) is 4.52 Å². The first-order chi connectivity index (χ1) is 8.16. The lowest BCUT2D eigenvalue weighted by atomic mass is 9.98. The highest BCUT2D eigenvalue weighted by molar-refractivity contribution is 5.85. The maximum absolute atomic E-state index is 12.0. The van der Waals surface area contributed by atoms with Crippen LogP contribution in [0.25, 0.3) is 0 Å². The Morgan fingerprint density at radius 1 is 1.59 bits per heavy atom. The summed E-state index contributed by atoms with van der Waals surface area (Å²) in [6, 6.07) is 1.90. The van der Waals surface area contributed by atoms with Gasteiger partial charge >= 0.3 is 0 Å². The predicted octanol–water partition coefficient (Wildman–Crippen LogP) is 2.05. The van der Waals surface area contributed by atoms with Crippen LogP contribution in [0, 0.1) is 0 Å². The van der Waals surface area contributed by atoms with Crippen LogP contribution in [0.3, 0.4) is 0 Å². The van der Waals surface area contributed by atoms with Gasteiger partial charge in [0.15, 0.2) is 5.78 Å². The molecule has 4 nitrogen and oxygen atoms in total. The number of piperidine rings is 1. The molecule has 0 unspecified atom stereocenters. The summed E-state index contributed by atoms with van der Waals surface area (Å²) in [5.74, 6) is 1.25. The van der Waals surface area contributed by atoms with E-state index in [1.807, 2.05) is 6.07 Å². The van der Waals surface area contributed by atoms with Crippen molar-refractivity contribution in [2.45, 2.75) is 51.5 Å². The second kappa shape index (κ2) is 5.45. The molecule has 1 atom stereocenters. The number of carbonyl (C=O) groups is 1. The lowest BCUT2D eigenvalue weighted by molar-refractivity contribution is -0.121. The van der Waals surface area contributed by atoms with Crippen molar-refractivity contribution in [3.8, 4) is 0 Å². The Bertz CT molecular complexity index is 379. The molecule has 1 saturated heterocycles. The van der Waals surface area contributed by atoms with Crippen LogP contribution in [0.2, 0.25) is 0 Å². The third-order valence-electron chi connectivity index (χ3n) is 3.22. The minimum atomic E-state index is 0.0105. The third kappa shape index (κ3) is 3.16. The van der Waals surface area contributed by atoms with E-state index in [9.17, 15) is 4.79 Å². The standard InChI is InChI=1S/C13H20N2O2/c1-9(2)12-7-10(17-15-12)8-13(16)11-5-3-4-6-14-11/h7,9,11,14H,3-6,8H2,1-2H3/t11-/m0/s1. The van der Waals surface area contributed by atoms with Gasteiger partial charge in [-0.3, -0.25) is 4.79 Å². The fourth-order valence-electron chi connectivity index (χ4n) is 2.11. The molecule has 94 valence electrons. The highest BCUT2D eigenvalue weighted by Gasteiger charge is 2.22. The summed E-state index contributed by atoms with van der Waals surface area (Å²) in [4.78, 5) is 12.0. The monoisotopic (exact) mass is 236 g/mol. The SMILES string of the molecule is CC(C)c1cc(CC(=O)[C@@H]2CCCCN2)on1. The molecule has 1 aliphatic heterocycles. The van der Waals surface area contributed by atoms with E-state index in [1.165, 1.54) is 6.42 Å². The van der Waals surface area contributed by atoms with Gasteiger partial charge in [-0.25, -0.2) is 0 Å².